The largest absolute Gasteiger partial charge is 0.452 e. The molecular weight excluding hydrogens is 460 g/mol. The van der Waals surface area contributed by atoms with E-state index >= 15 is 0 Å². The summed E-state index contributed by atoms with van der Waals surface area (Å²) < 4.78 is 5.79. The summed E-state index contributed by atoms with van der Waals surface area (Å²) in [4.78, 5) is 35.8. The molecule has 1 aliphatic heterocycles. The maximum Gasteiger partial charge on any atom is 0.309 e. The highest BCUT2D eigenvalue weighted by molar-refractivity contribution is 8.21. The number of thioether (sulfide) groups is 2. The second kappa shape index (κ2) is 9.19. The number of hydrogen-bond donors (Lipinski definition) is 1. The monoisotopic (exact) mass is 484 g/mol. The normalized spacial score (nSPS) is 27.5. The van der Waals surface area contributed by atoms with Crippen LogP contribution >= 0.6 is 35.1 Å². The molecule has 3 aliphatic rings. The van der Waals surface area contributed by atoms with Crippen molar-refractivity contribution in [2.24, 2.45) is 17.8 Å². The molecule has 7 nitrogen and oxygen atoms in total. The van der Waals surface area contributed by atoms with Crippen LogP contribution in [0.5, 0.6) is 0 Å². The number of benzene rings is 1. The first-order valence-corrected chi connectivity index (χ1v) is 12.9. The van der Waals surface area contributed by atoms with Crippen LogP contribution in [0.2, 0.25) is 5.02 Å². The molecular formula is C21H25ClN2O5S2. The van der Waals surface area contributed by atoms with Gasteiger partial charge in [0.25, 0.3) is 11.6 Å². The van der Waals surface area contributed by atoms with Gasteiger partial charge in [-0.3, -0.25) is 19.7 Å². The second-order valence-electron chi connectivity index (χ2n) is 8.40. The molecule has 1 aromatic carbocycles. The molecule has 2 aliphatic carbocycles. The molecule has 1 saturated heterocycles. The topological polar surface area (TPSA) is 98.5 Å². The van der Waals surface area contributed by atoms with Crippen LogP contribution in [0.15, 0.2) is 18.2 Å². The molecule has 2 bridgehead atoms. The number of carbonyl (C=O) groups is 2. The van der Waals surface area contributed by atoms with Crippen molar-refractivity contribution in [1.29, 1.82) is 0 Å². The molecule has 168 valence electrons. The summed E-state index contributed by atoms with van der Waals surface area (Å²) in [5, 5.41) is 13.7. The Hall–Kier alpha value is -1.45. The lowest BCUT2D eigenvalue weighted by atomic mass is 9.67. The molecule has 1 amide bonds. The average molecular weight is 485 g/mol. The Morgan fingerprint density at radius 3 is 2.52 bits per heavy atom. The van der Waals surface area contributed by atoms with E-state index in [1.807, 2.05) is 0 Å². The Labute approximate surface area is 194 Å². The number of amides is 1. The molecule has 2 saturated carbocycles. The molecule has 3 fully saturated rings. The van der Waals surface area contributed by atoms with Gasteiger partial charge in [0.15, 0.2) is 6.10 Å². The summed E-state index contributed by atoms with van der Waals surface area (Å²) >= 11 is 10.2. The van der Waals surface area contributed by atoms with Crippen molar-refractivity contribution in [3.8, 4) is 0 Å². The quantitative estimate of drug-likeness (QED) is 0.351. The summed E-state index contributed by atoms with van der Waals surface area (Å²) in [5.41, 5.74) is -0.0668. The van der Waals surface area contributed by atoms with Gasteiger partial charge < -0.3 is 10.1 Å². The molecule has 0 radical (unpaired) electrons. The van der Waals surface area contributed by atoms with E-state index in [9.17, 15) is 19.7 Å². The van der Waals surface area contributed by atoms with Crippen LogP contribution in [-0.4, -0.2) is 38.5 Å². The smallest absolute Gasteiger partial charge is 0.309 e. The Bertz CT molecular complexity index is 877. The van der Waals surface area contributed by atoms with Crippen molar-refractivity contribution in [3.63, 3.8) is 0 Å². The van der Waals surface area contributed by atoms with Crippen molar-refractivity contribution in [3.05, 3.63) is 33.3 Å². The standard InChI is InChI=1S/C21H25ClN2O5S2/c1-12(19(25)23-18-11-16(24(27)28)5-6-17(18)22)29-20(26)13-9-14-3-2-4-15(10-13)21(14)30-7-8-31-21/h5-6,11-15H,2-4,7-10H2,1H3,(H,23,25)/t12-,13?,14-,15+/m0/s1. The predicted octanol–water partition coefficient (Wildman–Crippen LogP) is 5.12. The minimum absolute atomic E-state index is 0.119. The van der Waals surface area contributed by atoms with Crippen molar-refractivity contribution >= 4 is 58.4 Å². The van der Waals surface area contributed by atoms with Gasteiger partial charge in [0.2, 0.25) is 0 Å². The third-order valence-electron chi connectivity index (χ3n) is 6.53. The highest BCUT2D eigenvalue weighted by Crippen LogP contribution is 2.64. The summed E-state index contributed by atoms with van der Waals surface area (Å²) in [5.74, 6) is 2.33. The highest BCUT2D eigenvalue weighted by atomic mass is 35.5. The van der Waals surface area contributed by atoms with Crippen molar-refractivity contribution in [2.75, 3.05) is 16.8 Å². The zero-order valence-corrected chi connectivity index (χ0v) is 19.6. The fraction of sp³-hybridized carbons (Fsp3) is 0.619. The molecule has 4 rings (SSSR count). The Morgan fingerprint density at radius 1 is 1.26 bits per heavy atom. The van der Waals surface area contributed by atoms with Crippen LogP contribution in [0.25, 0.3) is 0 Å². The fourth-order valence-electron chi connectivity index (χ4n) is 5.08. The Kier molecular flexibility index (Phi) is 6.74. The van der Waals surface area contributed by atoms with Gasteiger partial charge in [0.1, 0.15) is 0 Å². The number of esters is 1. The first-order chi connectivity index (χ1) is 14.8. The number of carbonyl (C=O) groups excluding carboxylic acids is 2. The van der Waals surface area contributed by atoms with Crippen LogP contribution in [0.4, 0.5) is 11.4 Å². The first kappa shape index (κ1) is 22.7. The number of nitrogens with zero attached hydrogens (tertiary/aromatic N) is 1. The number of hydrogen-bond acceptors (Lipinski definition) is 7. The predicted molar refractivity (Wildman–Crippen MR) is 123 cm³/mol. The number of ether oxygens (including phenoxy) is 1. The number of rotatable bonds is 5. The zero-order valence-electron chi connectivity index (χ0n) is 17.2. The summed E-state index contributed by atoms with van der Waals surface area (Å²) in [6.07, 6.45) is 4.15. The first-order valence-electron chi connectivity index (χ1n) is 10.5. The number of non-ortho nitro benzene ring substituents is 1. The Morgan fingerprint density at radius 2 is 1.90 bits per heavy atom. The summed E-state index contributed by atoms with van der Waals surface area (Å²) in [6, 6.07) is 3.80. The minimum Gasteiger partial charge on any atom is -0.452 e. The van der Waals surface area contributed by atoms with Gasteiger partial charge in [-0.25, -0.2) is 0 Å². The number of nitro groups is 1. The van der Waals surface area contributed by atoms with Gasteiger partial charge in [-0.05, 0) is 50.5 Å². The van der Waals surface area contributed by atoms with Gasteiger partial charge >= 0.3 is 5.97 Å². The van der Waals surface area contributed by atoms with Gasteiger partial charge in [0, 0.05) is 23.6 Å². The van der Waals surface area contributed by atoms with Crippen LogP contribution < -0.4 is 5.32 Å². The fourth-order valence-corrected chi connectivity index (χ4v) is 9.18. The number of nitrogens with one attached hydrogen (secondary N) is 1. The van der Waals surface area contributed by atoms with E-state index < -0.39 is 16.9 Å². The van der Waals surface area contributed by atoms with Crippen molar-refractivity contribution in [1.82, 2.24) is 0 Å². The van der Waals surface area contributed by atoms with Gasteiger partial charge in [-0.1, -0.05) is 18.0 Å². The summed E-state index contributed by atoms with van der Waals surface area (Å²) in [7, 11) is 0. The van der Waals surface area contributed by atoms with Crippen LogP contribution in [0.3, 0.4) is 0 Å². The van der Waals surface area contributed by atoms with E-state index in [-0.39, 0.29) is 32.4 Å². The van der Waals surface area contributed by atoms with Crippen LogP contribution in [0.1, 0.15) is 39.0 Å². The van der Waals surface area contributed by atoms with E-state index in [0.29, 0.717) is 11.8 Å². The van der Waals surface area contributed by atoms with E-state index in [0.717, 1.165) is 25.7 Å². The lowest BCUT2D eigenvalue weighted by molar-refractivity contribution is -0.384. The number of anilines is 1. The molecule has 1 spiro atoms. The van der Waals surface area contributed by atoms with E-state index in [1.165, 1.54) is 43.0 Å². The lowest BCUT2D eigenvalue weighted by Crippen LogP contribution is -2.48. The second-order valence-corrected chi connectivity index (χ2v) is 11.8. The third kappa shape index (κ3) is 4.54. The molecule has 1 heterocycles. The maximum absolute atomic E-state index is 12.9. The molecule has 1 N–H and O–H groups in total. The number of halogens is 1. The number of nitro benzene ring substituents is 1. The van der Waals surface area contributed by atoms with E-state index in [4.69, 9.17) is 16.3 Å². The van der Waals surface area contributed by atoms with Gasteiger partial charge in [-0.15, -0.1) is 23.5 Å². The van der Waals surface area contributed by atoms with Crippen LogP contribution in [0, 0.1) is 27.9 Å². The van der Waals surface area contributed by atoms with Crippen molar-refractivity contribution in [2.45, 2.75) is 49.2 Å². The maximum atomic E-state index is 12.9. The van der Waals surface area contributed by atoms with E-state index in [1.54, 1.807) is 0 Å². The molecule has 10 heteroatoms. The molecule has 31 heavy (non-hydrogen) atoms. The summed E-state index contributed by atoms with van der Waals surface area (Å²) in [6.45, 7) is 1.51. The molecule has 1 aromatic rings. The van der Waals surface area contributed by atoms with E-state index in [2.05, 4.69) is 28.8 Å². The van der Waals surface area contributed by atoms with Gasteiger partial charge in [0.05, 0.1) is 25.6 Å². The van der Waals surface area contributed by atoms with Crippen LogP contribution in [-0.2, 0) is 14.3 Å². The zero-order chi connectivity index (χ0) is 22.2. The SMILES string of the molecule is C[C@H](OC(=O)C1C[C@H]2CCC[C@@H](C1)C21SCCS1)C(=O)Nc1cc([N+](=O)[O-])ccc1Cl. The average Bonchev–Trinajstić information content (AvgIpc) is 3.18. The molecule has 4 atom stereocenters. The van der Waals surface area contributed by atoms with Crippen molar-refractivity contribution < 1.29 is 19.2 Å². The minimum atomic E-state index is -1.02. The Balaban J connectivity index is 1.37. The highest BCUT2D eigenvalue weighted by Gasteiger charge is 2.55. The lowest BCUT2D eigenvalue weighted by Gasteiger charge is -2.51. The molecule has 0 aromatic heterocycles. The van der Waals surface area contributed by atoms with Gasteiger partial charge in [-0.2, -0.15) is 0 Å². The molecule has 1 unspecified atom stereocenters. The third-order valence-corrected chi connectivity index (χ3v) is 10.9.